The van der Waals surface area contributed by atoms with E-state index in [9.17, 15) is 4.79 Å². The lowest BCUT2D eigenvalue weighted by molar-refractivity contribution is -0.153. The molecule has 0 unspecified atom stereocenters. The van der Waals surface area contributed by atoms with Crippen molar-refractivity contribution in [3.8, 4) is 0 Å². The van der Waals surface area contributed by atoms with Gasteiger partial charge in [0.2, 0.25) is 0 Å². The fraction of sp³-hybridized carbons (Fsp3) is 0.812. The molecule has 18 heavy (non-hydrogen) atoms. The molecule has 100 valence electrons. The van der Waals surface area contributed by atoms with Crippen LogP contribution >= 0.6 is 0 Å². The van der Waals surface area contributed by atoms with Crippen LogP contribution in [0.5, 0.6) is 0 Å². The Kier molecular flexibility index (Phi) is 2.46. The van der Waals surface area contributed by atoms with Crippen molar-refractivity contribution in [1.29, 1.82) is 0 Å². The van der Waals surface area contributed by atoms with Gasteiger partial charge in [0.15, 0.2) is 0 Å². The van der Waals surface area contributed by atoms with Crippen LogP contribution in [0.4, 0.5) is 0 Å². The van der Waals surface area contributed by atoms with Crippen molar-refractivity contribution in [2.24, 2.45) is 28.6 Å². The minimum absolute atomic E-state index is 0.0252. The minimum atomic E-state index is 0.0252. The van der Waals surface area contributed by atoms with E-state index in [0.29, 0.717) is 11.8 Å². The first-order valence-corrected chi connectivity index (χ1v) is 7.22. The van der Waals surface area contributed by atoms with Crippen LogP contribution in [0, 0.1) is 28.6 Å². The summed E-state index contributed by atoms with van der Waals surface area (Å²) in [6, 6.07) is 0. The molecule has 5 atom stereocenters. The number of methoxy groups -OCH3 is 1. The van der Waals surface area contributed by atoms with Gasteiger partial charge in [0.05, 0.1) is 13.0 Å². The number of ether oxygens (including phenoxy) is 1. The quantitative estimate of drug-likeness (QED) is 0.551. The normalized spacial score (nSPS) is 49.2. The van der Waals surface area contributed by atoms with E-state index in [4.69, 9.17) is 4.74 Å². The van der Waals surface area contributed by atoms with Gasteiger partial charge < -0.3 is 4.74 Å². The number of hydrogen-bond donors (Lipinski definition) is 0. The molecular weight excluding hydrogens is 224 g/mol. The van der Waals surface area contributed by atoms with Crippen molar-refractivity contribution in [3.63, 3.8) is 0 Å². The molecule has 0 aliphatic heterocycles. The van der Waals surface area contributed by atoms with Gasteiger partial charge in [0.1, 0.15) is 0 Å². The maximum Gasteiger partial charge on any atom is 0.309 e. The monoisotopic (exact) mass is 248 g/mol. The van der Waals surface area contributed by atoms with Crippen LogP contribution in [0.25, 0.3) is 0 Å². The number of carbonyl (C=O) groups is 1. The van der Waals surface area contributed by atoms with E-state index in [0.717, 1.165) is 0 Å². The highest BCUT2D eigenvalue weighted by Gasteiger charge is 2.71. The molecule has 4 bridgehead atoms. The number of carbonyl (C=O) groups excluding carboxylic acids is 1. The molecule has 3 rings (SSSR count). The maximum absolute atomic E-state index is 12.3. The highest BCUT2D eigenvalue weighted by atomic mass is 16.5. The molecule has 0 aromatic rings. The Morgan fingerprint density at radius 2 is 2.06 bits per heavy atom. The summed E-state index contributed by atoms with van der Waals surface area (Å²) >= 11 is 0. The average molecular weight is 248 g/mol. The molecule has 0 amide bonds. The molecule has 0 spiro atoms. The first-order chi connectivity index (χ1) is 8.48. The third-order valence-electron chi connectivity index (χ3n) is 6.51. The van der Waals surface area contributed by atoms with E-state index in [2.05, 4.69) is 20.4 Å². The van der Waals surface area contributed by atoms with Crippen molar-refractivity contribution in [1.82, 2.24) is 0 Å². The summed E-state index contributed by atoms with van der Waals surface area (Å²) in [5.41, 5.74) is 1.71. The summed E-state index contributed by atoms with van der Waals surface area (Å²) in [4.78, 5) is 12.3. The molecule has 0 radical (unpaired) electrons. The van der Waals surface area contributed by atoms with Crippen molar-refractivity contribution in [2.45, 2.75) is 46.0 Å². The molecule has 2 nitrogen and oxygen atoms in total. The Balaban J connectivity index is 2.12. The Hall–Kier alpha value is -0.790. The lowest BCUT2D eigenvalue weighted by Gasteiger charge is -2.45. The maximum atomic E-state index is 12.3. The van der Waals surface area contributed by atoms with Gasteiger partial charge in [-0.1, -0.05) is 25.5 Å². The average Bonchev–Trinajstić information content (AvgIpc) is 2.76. The second-order valence-corrected chi connectivity index (χ2v) is 6.92. The number of rotatable bonds is 2. The van der Waals surface area contributed by atoms with E-state index in [1.165, 1.54) is 44.8 Å². The first-order valence-electron chi connectivity index (χ1n) is 7.22. The summed E-state index contributed by atoms with van der Waals surface area (Å²) in [7, 11) is 1.54. The Morgan fingerprint density at radius 3 is 2.61 bits per heavy atom. The van der Waals surface area contributed by atoms with E-state index in [1.807, 2.05) is 0 Å². The van der Waals surface area contributed by atoms with Gasteiger partial charge >= 0.3 is 5.97 Å². The highest BCUT2D eigenvalue weighted by Crippen LogP contribution is 2.76. The minimum Gasteiger partial charge on any atom is -0.469 e. The van der Waals surface area contributed by atoms with Crippen LogP contribution in [-0.2, 0) is 9.53 Å². The van der Waals surface area contributed by atoms with Crippen molar-refractivity contribution < 1.29 is 9.53 Å². The first kappa shape index (κ1) is 12.3. The van der Waals surface area contributed by atoms with Crippen LogP contribution in [0.1, 0.15) is 46.0 Å². The van der Waals surface area contributed by atoms with Crippen LogP contribution < -0.4 is 0 Å². The topological polar surface area (TPSA) is 26.3 Å². The SMILES string of the molecule is C=C(C)[C@@]12CCC[C@]3(C)[C@@H](C(=O)OC)[C@H]1CC[C@@H]32. The Morgan fingerprint density at radius 1 is 1.33 bits per heavy atom. The molecule has 0 aromatic heterocycles. The summed E-state index contributed by atoms with van der Waals surface area (Å²) in [6.45, 7) is 8.79. The molecule has 0 saturated heterocycles. The number of hydrogen-bond acceptors (Lipinski definition) is 2. The van der Waals surface area contributed by atoms with E-state index in [-0.39, 0.29) is 22.7 Å². The predicted octanol–water partition coefficient (Wildman–Crippen LogP) is 3.57. The zero-order valence-corrected chi connectivity index (χ0v) is 11.8. The Bertz CT molecular complexity index is 413. The van der Waals surface area contributed by atoms with E-state index >= 15 is 0 Å². The van der Waals surface area contributed by atoms with Crippen molar-refractivity contribution in [2.75, 3.05) is 7.11 Å². The third kappa shape index (κ3) is 1.13. The van der Waals surface area contributed by atoms with Crippen LogP contribution in [0.3, 0.4) is 0 Å². The molecule has 3 saturated carbocycles. The zero-order chi connectivity index (χ0) is 13.1. The Labute approximate surface area is 110 Å². The molecule has 3 aliphatic carbocycles. The summed E-state index contributed by atoms with van der Waals surface area (Å²) in [6.07, 6.45) is 6.13. The largest absolute Gasteiger partial charge is 0.469 e. The predicted molar refractivity (Wildman–Crippen MR) is 70.9 cm³/mol. The van der Waals surface area contributed by atoms with Gasteiger partial charge in [0, 0.05) is 0 Å². The molecular formula is C16H24O2. The second kappa shape index (κ2) is 3.61. The fourth-order valence-corrected chi connectivity index (χ4v) is 6.02. The molecule has 0 heterocycles. The van der Waals surface area contributed by atoms with Crippen molar-refractivity contribution >= 4 is 5.97 Å². The molecule has 3 aliphatic rings. The lowest BCUT2D eigenvalue weighted by Crippen LogP contribution is -2.40. The highest BCUT2D eigenvalue weighted by molar-refractivity contribution is 5.75. The molecule has 3 fully saturated rings. The van der Waals surface area contributed by atoms with Crippen LogP contribution in [0.2, 0.25) is 0 Å². The van der Waals surface area contributed by atoms with Gasteiger partial charge in [-0.2, -0.15) is 0 Å². The van der Waals surface area contributed by atoms with Gasteiger partial charge in [-0.05, 0) is 55.3 Å². The van der Waals surface area contributed by atoms with Crippen molar-refractivity contribution in [3.05, 3.63) is 12.2 Å². The molecule has 2 heteroatoms. The molecule has 0 N–H and O–H groups in total. The van der Waals surface area contributed by atoms with E-state index in [1.54, 1.807) is 0 Å². The zero-order valence-electron chi connectivity index (χ0n) is 11.8. The van der Waals surface area contributed by atoms with Gasteiger partial charge in [-0.15, -0.1) is 0 Å². The van der Waals surface area contributed by atoms with E-state index < -0.39 is 0 Å². The third-order valence-corrected chi connectivity index (χ3v) is 6.51. The van der Waals surface area contributed by atoms with Gasteiger partial charge in [-0.25, -0.2) is 0 Å². The van der Waals surface area contributed by atoms with Gasteiger partial charge in [0.25, 0.3) is 0 Å². The summed E-state index contributed by atoms with van der Waals surface area (Å²) in [5.74, 6) is 1.28. The van der Waals surface area contributed by atoms with Gasteiger partial charge in [-0.3, -0.25) is 4.79 Å². The second-order valence-electron chi connectivity index (χ2n) is 6.92. The summed E-state index contributed by atoms with van der Waals surface area (Å²) < 4.78 is 5.12. The lowest BCUT2D eigenvalue weighted by atomic mass is 9.59. The van der Waals surface area contributed by atoms with Crippen LogP contribution in [-0.4, -0.2) is 13.1 Å². The summed E-state index contributed by atoms with van der Waals surface area (Å²) in [5, 5.41) is 0. The fourth-order valence-electron chi connectivity index (χ4n) is 6.02. The number of allylic oxidation sites excluding steroid dienone is 1. The number of esters is 1. The standard InChI is InChI=1S/C16H24O2/c1-10(2)16-9-5-8-15(3)12(16)7-6-11(16)13(15)14(17)18-4/h11-13H,1,5-9H2,2-4H3/t11-,12+,13-,15+,16+/m1/s1. The van der Waals surface area contributed by atoms with Crippen LogP contribution in [0.15, 0.2) is 12.2 Å². The molecule has 0 aromatic carbocycles. The smallest absolute Gasteiger partial charge is 0.309 e.